The van der Waals surface area contributed by atoms with Crippen LogP contribution in [-0.4, -0.2) is 29.8 Å². The van der Waals surface area contributed by atoms with E-state index in [4.69, 9.17) is 0 Å². The van der Waals surface area contributed by atoms with Gasteiger partial charge in [0.15, 0.2) is 0 Å². The predicted molar refractivity (Wildman–Crippen MR) is 84.4 cm³/mol. The van der Waals surface area contributed by atoms with Gasteiger partial charge in [0.1, 0.15) is 5.78 Å². The topological polar surface area (TPSA) is 20.3 Å². The second-order valence-electron chi connectivity index (χ2n) is 7.23. The Labute approximate surface area is 127 Å². The fourth-order valence-corrected chi connectivity index (χ4v) is 5.44. The van der Waals surface area contributed by atoms with E-state index in [0.717, 1.165) is 19.3 Å². The smallest absolute Gasteiger partial charge is 0.133 e. The van der Waals surface area contributed by atoms with Crippen LogP contribution in [0, 0.1) is 5.92 Å². The van der Waals surface area contributed by atoms with Crippen molar-refractivity contribution in [2.24, 2.45) is 5.92 Å². The van der Waals surface area contributed by atoms with Gasteiger partial charge in [-0.2, -0.15) is 0 Å². The lowest BCUT2D eigenvalue weighted by atomic mass is 9.52. The predicted octanol–water partition coefficient (Wildman–Crippen LogP) is 3.33. The molecule has 0 radical (unpaired) electrons. The fraction of sp³-hybridized carbons (Fsp3) is 0.632. The third kappa shape index (κ3) is 1.92. The van der Waals surface area contributed by atoms with Gasteiger partial charge in [-0.15, -0.1) is 0 Å². The third-order valence-electron chi connectivity index (χ3n) is 6.23. The quantitative estimate of drug-likeness (QED) is 0.830. The Kier molecular flexibility index (Phi) is 3.18. The number of likely N-dealkylation sites (tertiary alicyclic amines) is 1. The molecule has 1 aromatic rings. The molecule has 112 valence electrons. The molecule has 1 aliphatic heterocycles. The second kappa shape index (κ2) is 4.95. The van der Waals surface area contributed by atoms with Crippen molar-refractivity contribution in [3.05, 3.63) is 35.4 Å². The minimum absolute atomic E-state index is 0.166. The lowest BCUT2D eigenvalue weighted by Gasteiger charge is -2.58. The Bertz CT molecular complexity index is 566. The molecule has 3 atom stereocenters. The van der Waals surface area contributed by atoms with Gasteiger partial charge in [0.25, 0.3) is 0 Å². The van der Waals surface area contributed by atoms with E-state index in [1.165, 1.54) is 43.5 Å². The van der Waals surface area contributed by atoms with Gasteiger partial charge in [-0.25, -0.2) is 0 Å². The lowest BCUT2D eigenvalue weighted by molar-refractivity contribution is -0.127. The van der Waals surface area contributed by atoms with Gasteiger partial charge in [-0.1, -0.05) is 31.2 Å². The highest BCUT2D eigenvalue weighted by Crippen LogP contribution is 2.54. The first-order chi connectivity index (χ1) is 10.2. The summed E-state index contributed by atoms with van der Waals surface area (Å²) in [7, 11) is 0. The average Bonchev–Trinajstić information content (AvgIpc) is 2.50. The highest BCUT2D eigenvalue weighted by atomic mass is 16.1. The zero-order valence-corrected chi connectivity index (χ0v) is 13.0. The monoisotopic (exact) mass is 283 g/mol. The Morgan fingerprint density at radius 2 is 2.19 bits per heavy atom. The molecule has 0 amide bonds. The molecular weight excluding hydrogens is 258 g/mol. The fourth-order valence-electron chi connectivity index (χ4n) is 5.44. The van der Waals surface area contributed by atoms with Gasteiger partial charge in [0.05, 0.1) is 0 Å². The first-order valence-electron chi connectivity index (χ1n) is 8.59. The van der Waals surface area contributed by atoms with Crippen molar-refractivity contribution in [1.82, 2.24) is 4.90 Å². The Morgan fingerprint density at radius 1 is 1.33 bits per heavy atom. The number of hydrogen-bond acceptors (Lipinski definition) is 2. The molecule has 2 bridgehead atoms. The van der Waals surface area contributed by atoms with Gasteiger partial charge in [0, 0.05) is 24.3 Å². The molecular formula is C19H25NO. The molecule has 1 heterocycles. The summed E-state index contributed by atoms with van der Waals surface area (Å²) in [4.78, 5) is 14.9. The van der Waals surface area contributed by atoms with Crippen molar-refractivity contribution in [3.63, 3.8) is 0 Å². The van der Waals surface area contributed by atoms with Crippen molar-refractivity contribution in [1.29, 1.82) is 0 Å². The molecule has 2 heteroatoms. The standard InChI is InChI=1S/C19H25NO/c1-2-10-20-11-9-19-13-15(21)7-8-17(19)18(20)12-14-5-3-4-6-16(14)19/h3-6,17-18H,2,7-13H2,1H3/t17-,18+,19+/m0/s1. The Hall–Kier alpha value is -1.15. The molecule has 0 aromatic heterocycles. The van der Waals surface area contributed by atoms with Gasteiger partial charge < -0.3 is 0 Å². The normalized spacial score (nSPS) is 35.2. The number of Topliss-reactive ketones (excluding diaryl/α,β-unsaturated/α-hetero) is 1. The average molecular weight is 283 g/mol. The molecule has 1 saturated heterocycles. The maximum Gasteiger partial charge on any atom is 0.133 e. The van der Waals surface area contributed by atoms with Crippen LogP contribution in [-0.2, 0) is 16.6 Å². The number of carbonyl (C=O) groups is 1. The second-order valence-corrected chi connectivity index (χ2v) is 7.23. The van der Waals surface area contributed by atoms with E-state index in [1.54, 1.807) is 0 Å². The number of piperidine rings is 1. The molecule has 2 fully saturated rings. The molecule has 0 spiro atoms. The minimum atomic E-state index is 0.166. The van der Waals surface area contributed by atoms with Crippen molar-refractivity contribution < 1.29 is 4.79 Å². The van der Waals surface area contributed by atoms with Crippen LogP contribution in [0.4, 0.5) is 0 Å². The number of carbonyl (C=O) groups excluding carboxylic acids is 1. The maximum atomic E-state index is 12.2. The van der Waals surface area contributed by atoms with E-state index in [1.807, 2.05) is 0 Å². The highest BCUT2D eigenvalue weighted by molar-refractivity contribution is 5.81. The molecule has 3 aliphatic rings. The summed E-state index contributed by atoms with van der Waals surface area (Å²) >= 11 is 0. The van der Waals surface area contributed by atoms with Gasteiger partial charge >= 0.3 is 0 Å². The summed E-state index contributed by atoms with van der Waals surface area (Å²) in [6, 6.07) is 9.62. The van der Waals surface area contributed by atoms with Crippen LogP contribution in [0.2, 0.25) is 0 Å². The summed E-state index contributed by atoms with van der Waals surface area (Å²) < 4.78 is 0. The van der Waals surface area contributed by atoms with Crippen LogP contribution in [0.15, 0.2) is 24.3 Å². The summed E-state index contributed by atoms with van der Waals surface area (Å²) in [6.07, 6.45) is 6.32. The lowest BCUT2D eigenvalue weighted by Crippen LogP contribution is -2.61. The SMILES string of the molecule is CCCN1CC[C@]23CC(=O)CC[C@H]2[C@H]1Cc1ccccc13. The van der Waals surface area contributed by atoms with E-state index in [-0.39, 0.29) is 5.41 Å². The number of rotatable bonds is 2. The van der Waals surface area contributed by atoms with E-state index in [0.29, 0.717) is 17.7 Å². The molecule has 1 saturated carbocycles. The maximum absolute atomic E-state index is 12.2. The summed E-state index contributed by atoms with van der Waals surface area (Å²) in [5, 5.41) is 0. The van der Waals surface area contributed by atoms with Gasteiger partial charge in [-0.05, 0) is 55.8 Å². The van der Waals surface area contributed by atoms with E-state index in [9.17, 15) is 4.79 Å². The summed E-state index contributed by atoms with van der Waals surface area (Å²) in [5.74, 6) is 1.19. The van der Waals surface area contributed by atoms with E-state index < -0.39 is 0 Å². The van der Waals surface area contributed by atoms with Crippen molar-refractivity contribution >= 4 is 5.78 Å². The van der Waals surface area contributed by atoms with Crippen molar-refractivity contribution in [3.8, 4) is 0 Å². The first kappa shape index (κ1) is 13.5. The molecule has 0 unspecified atom stereocenters. The minimum Gasteiger partial charge on any atom is -0.300 e. The summed E-state index contributed by atoms with van der Waals surface area (Å²) in [6.45, 7) is 4.67. The van der Waals surface area contributed by atoms with Crippen LogP contribution in [0.3, 0.4) is 0 Å². The number of nitrogens with zero attached hydrogens (tertiary/aromatic N) is 1. The number of hydrogen-bond donors (Lipinski definition) is 0. The van der Waals surface area contributed by atoms with Gasteiger partial charge in [0.2, 0.25) is 0 Å². The Morgan fingerprint density at radius 3 is 3.05 bits per heavy atom. The molecule has 2 aliphatic carbocycles. The molecule has 2 nitrogen and oxygen atoms in total. The van der Waals surface area contributed by atoms with Crippen LogP contribution < -0.4 is 0 Å². The number of ketones is 1. The number of fused-ring (bicyclic) bond motifs is 1. The largest absolute Gasteiger partial charge is 0.300 e. The molecule has 4 rings (SSSR count). The van der Waals surface area contributed by atoms with Gasteiger partial charge in [-0.3, -0.25) is 9.69 Å². The highest BCUT2D eigenvalue weighted by Gasteiger charge is 2.55. The zero-order chi connectivity index (χ0) is 14.4. The Balaban J connectivity index is 1.82. The van der Waals surface area contributed by atoms with Crippen molar-refractivity contribution in [2.45, 2.75) is 56.9 Å². The van der Waals surface area contributed by atoms with Crippen LogP contribution >= 0.6 is 0 Å². The zero-order valence-electron chi connectivity index (χ0n) is 13.0. The van der Waals surface area contributed by atoms with Crippen LogP contribution in [0.25, 0.3) is 0 Å². The summed E-state index contributed by atoms with van der Waals surface area (Å²) in [5.41, 5.74) is 3.18. The third-order valence-corrected chi connectivity index (χ3v) is 6.23. The van der Waals surface area contributed by atoms with Crippen molar-refractivity contribution in [2.75, 3.05) is 13.1 Å². The molecule has 0 N–H and O–H groups in total. The number of benzene rings is 1. The van der Waals surface area contributed by atoms with Crippen LogP contribution in [0.5, 0.6) is 0 Å². The first-order valence-corrected chi connectivity index (χ1v) is 8.59. The molecule has 1 aromatic carbocycles. The van der Waals surface area contributed by atoms with E-state index in [2.05, 4.69) is 36.1 Å². The van der Waals surface area contributed by atoms with Crippen LogP contribution in [0.1, 0.15) is 50.2 Å². The molecule has 21 heavy (non-hydrogen) atoms. The van der Waals surface area contributed by atoms with E-state index >= 15 is 0 Å².